The van der Waals surface area contributed by atoms with E-state index in [1.807, 2.05) is 13.8 Å². The largest absolute Gasteiger partial charge is 0.381 e. The van der Waals surface area contributed by atoms with Gasteiger partial charge in [0.15, 0.2) is 0 Å². The molecule has 0 radical (unpaired) electrons. The highest BCUT2D eigenvalue weighted by Crippen LogP contribution is 2.15. The fourth-order valence-electron chi connectivity index (χ4n) is 1.42. The van der Waals surface area contributed by atoms with Crippen molar-refractivity contribution in [3.63, 3.8) is 0 Å². The van der Waals surface area contributed by atoms with E-state index in [1.165, 1.54) is 0 Å². The van der Waals surface area contributed by atoms with Crippen molar-refractivity contribution in [1.82, 2.24) is 0 Å². The van der Waals surface area contributed by atoms with Gasteiger partial charge in [-0.05, 0) is 26.7 Å². The standard InChI is InChI=1S/C9H19NO2S/c1-9(2,10)7-13(11)8-3-5-12-6-4-8/h8H,3-7,10H2,1-2H3. The summed E-state index contributed by atoms with van der Waals surface area (Å²) < 4.78 is 17.0. The first-order valence-corrected chi connectivity index (χ1v) is 6.11. The van der Waals surface area contributed by atoms with Gasteiger partial charge < -0.3 is 10.5 Å². The summed E-state index contributed by atoms with van der Waals surface area (Å²) in [5.74, 6) is 0.595. The third kappa shape index (κ3) is 4.20. The molecule has 0 aliphatic carbocycles. The van der Waals surface area contributed by atoms with Crippen molar-refractivity contribution in [2.24, 2.45) is 5.73 Å². The van der Waals surface area contributed by atoms with Gasteiger partial charge in [0.1, 0.15) is 0 Å². The van der Waals surface area contributed by atoms with Crippen LogP contribution in [0.2, 0.25) is 0 Å². The van der Waals surface area contributed by atoms with E-state index in [0.717, 1.165) is 26.1 Å². The maximum atomic E-state index is 11.8. The molecule has 0 spiro atoms. The molecule has 1 aliphatic rings. The van der Waals surface area contributed by atoms with Crippen LogP contribution in [0.25, 0.3) is 0 Å². The average molecular weight is 205 g/mol. The molecule has 1 aliphatic heterocycles. The Hall–Kier alpha value is 0.0700. The van der Waals surface area contributed by atoms with E-state index in [0.29, 0.717) is 11.0 Å². The van der Waals surface area contributed by atoms with Crippen LogP contribution in [0.1, 0.15) is 26.7 Å². The highest BCUT2D eigenvalue weighted by Gasteiger charge is 2.24. The van der Waals surface area contributed by atoms with Crippen LogP contribution in [0.15, 0.2) is 0 Å². The van der Waals surface area contributed by atoms with Crippen LogP contribution < -0.4 is 5.73 Å². The third-order valence-electron chi connectivity index (χ3n) is 2.05. The summed E-state index contributed by atoms with van der Waals surface area (Å²) in [4.78, 5) is 0. The van der Waals surface area contributed by atoms with Crippen molar-refractivity contribution in [3.8, 4) is 0 Å². The number of nitrogens with two attached hydrogens (primary N) is 1. The normalized spacial score (nSPS) is 23.0. The first-order valence-electron chi connectivity index (χ1n) is 4.73. The van der Waals surface area contributed by atoms with Gasteiger partial charge in [0, 0.05) is 40.6 Å². The van der Waals surface area contributed by atoms with Crippen LogP contribution in [-0.2, 0) is 15.5 Å². The van der Waals surface area contributed by atoms with Gasteiger partial charge in [-0.1, -0.05) is 0 Å². The molecule has 13 heavy (non-hydrogen) atoms. The zero-order chi connectivity index (χ0) is 9.90. The fourth-order valence-corrected chi connectivity index (χ4v) is 3.11. The van der Waals surface area contributed by atoms with E-state index in [2.05, 4.69) is 0 Å². The summed E-state index contributed by atoms with van der Waals surface area (Å²) in [7, 11) is -0.781. The number of hydrogen-bond donors (Lipinski definition) is 1. The Labute approximate surface area is 82.5 Å². The van der Waals surface area contributed by atoms with Crippen LogP contribution in [0, 0.1) is 0 Å². The minimum Gasteiger partial charge on any atom is -0.381 e. The van der Waals surface area contributed by atoms with Gasteiger partial charge in [-0.25, -0.2) is 0 Å². The minimum absolute atomic E-state index is 0.302. The molecule has 1 saturated heterocycles. The Bertz CT molecular complexity index is 183. The zero-order valence-corrected chi connectivity index (χ0v) is 9.23. The van der Waals surface area contributed by atoms with Gasteiger partial charge >= 0.3 is 0 Å². The molecule has 0 aromatic carbocycles. The lowest BCUT2D eigenvalue weighted by Gasteiger charge is -2.25. The van der Waals surface area contributed by atoms with Crippen LogP contribution in [-0.4, -0.2) is 34.0 Å². The predicted molar refractivity (Wildman–Crippen MR) is 55.1 cm³/mol. The van der Waals surface area contributed by atoms with E-state index in [9.17, 15) is 4.21 Å². The summed E-state index contributed by atoms with van der Waals surface area (Å²) in [5, 5.41) is 0.302. The van der Waals surface area contributed by atoms with Crippen molar-refractivity contribution < 1.29 is 8.95 Å². The molecule has 2 N–H and O–H groups in total. The fraction of sp³-hybridized carbons (Fsp3) is 1.00. The van der Waals surface area contributed by atoms with Crippen molar-refractivity contribution in [3.05, 3.63) is 0 Å². The molecular weight excluding hydrogens is 186 g/mol. The zero-order valence-electron chi connectivity index (χ0n) is 8.41. The van der Waals surface area contributed by atoms with Crippen molar-refractivity contribution in [2.45, 2.75) is 37.5 Å². The Balaban J connectivity index is 2.38. The summed E-state index contributed by atoms with van der Waals surface area (Å²) in [6, 6.07) is 0. The molecule has 1 unspecified atom stereocenters. The molecule has 0 aromatic heterocycles. The topological polar surface area (TPSA) is 52.3 Å². The van der Waals surface area contributed by atoms with Crippen molar-refractivity contribution in [2.75, 3.05) is 19.0 Å². The summed E-state index contributed by atoms with van der Waals surface area (Å²) >= 11 is 0. The molecule has 0 aromatic rings. The average Bonchev–Trinajstić information content (AvgIpc) is 2.03. The van der Waals surface area contributed by atoms with E-state index in [1.54, 1.807) is 0 Å². The van der Waals surface area contributed by atoms with E-state index in [-0.39, 0.29) is 5.54 Å². The number of rotatable bonds is 3. The first kappa shape index (κ1) is 11.1. The summed E-state index contributed by atoms with van der Waals surface area (Å²) in [6.45, 7) is 5.34. The molecule has 3 nitrogen and oxygen atoms in total. The molecule has 0 saturated carbocycles. The van der Waals surface area contributed by atoms with E-state index >= 15 is 0 Å². The predicted octanol–water partition coefficient (Wildman–Crippen LogP) is 0.651. The van der Waals surface area contributed by atoms with E-state index < -0.39 is 10.8 Å². The molecular formula is C9H19NO2S. The highest BCUT2D eigenvalue weighted by molar-refractivity contribution is 7.85. The molecule has 1 fully saturated rings. The quantitative estimate of drug-likeness (QED) is 0.736. The van der Waals surface area contributed by atoms with E-state index in [4.69, 9.17) is 10.5 Å². The molecule has 1 heterocycles. The van der Waals surface area contributed by atoms with Crippen LogP contribution >= 0.6 is 0 Å². The smallest absolute Gasteiger partial charge is 0.0477 e. The first-order chi connectivity index (χ1) is 5.99. The second kappa shape index (κ2) is 4.53. The minimum atomic E-state index is -0.781. The number of hydrogen-bond acceptors (Lipinski definition) is 3. The molecule has 0 amide bonds. The van der Waals surface area contributed by atoms with Crippen LogP contribution in [0.5, 0.6) is 0 Å². The molecule has 1 atom stereocenters. The summed E-state index contributed by atoms with van der Waals surface area (Å²) in [5.41, 5.74) is 5.50. The van der Waals surface area contributed by atoms with Gasteiger partial charge in [-0.3, -0.25) is 4.21 Å². The van der Waals surface area contributed by atoms with Crippen molar-refractivity contribution >= 4 is 10.8 Å². The van der Waals surface area contributed by atoms with Gasteiger partial charge in [0.25, 0.3) is 0 Å². The molecule has 4 heteroatoms. The van der Waals surface area contributed by atoms with Crippen molar-refractivity contribution in [1.29, 1.82) is 0 Å². The molecule has 1 rings (SSSR count). The van der Waals surface area contributed by atoms with Crippen LogP contribution in [0.4, 0.5) is 0 Å². The van der Waals surface area contributed by atoms with Crippen LogP contribution in [0.3, 0.4) is 0 Å². The summed E-state index contributed by atoms with van der Waals surface area (Å²) in [6.07, 6.45) is 1.84. The Morgan fingerprint density at radius 2 is 2.00 bits per heavy atom. The SMILES string of the molecule is CC(C)(N)CS(=O)C1CCOCC1. The van der Waals surface area contributed by atoms with Gasteiger partial charge in [-0.2, -0.15) is 0 Å². The second-order valence-electron chi connectivity index (χ2n) is 4.33. The highest BCUT2D eigenvalue weighted by atomic mass is 32.2. The lowest BCUT2D eigenvalue weighted by molar-refractivity contribution is 0.0991. The maximum absolute atomic E-state index is 11.8. The molecule has 0 bridgehead atoms. The Morgan fingerprint density at radius 1 is 1.46 bits per heavy atom. The molecule has 78 valence electrons. The lowest BCUT2D eigenvalue weighted by atomic mass is 10.1. The maximum Gasteiger partial charge on any atom is 0.0477 e. The third-order valence-corrected chi connectivity index (χ3v) is 4.30. The second-order valence-corrected chi connectivity index (χ2v) is 6.04. The monoisotopic (exact) mass is 205 g/mol. The Morgan fingerprint density at radius 3 is 2.46 bits per heavy atom. The van der Waals surface area contributed by atoms with Gasteiger partial charge in [0.2, 0.25) is 0 Å². The lowest BCUT2D eigenvalue weighted by Crippen LogP contribution is -2.41. The number of ether oxygens (including phenoxy) is 1. The van der Waals surface area contributed by atoms with Gasteiger partial charge in [0.05, 0.1) is 0 Å². The Kier molecular flexibility index (Phi) is 3.88. The van der Waals surface area contributed by atoms with Gasteiger partial charge in [-0.15, -0.1) is 0 Å².